The van der Waals surface area contributed by atoms with Gasteiger partial charge in [0.25, 0.3) is 0 Å². The Balaban J connectivity index is 1.63. The van der Waals surface area contributed by atoms with Gasteiger partial charge in [-0.2, -0.15) is 0 Å². The maximum Gasteiger partial charge on any atom is 0.0692 e. The zero-order chi connectivity index (χ0) is 11.9. The van der Waals surface area contributed by atoms with Gasteiger partial charge in [0.1, 0.15) is 0 Å². The summed E-state index contributed by atoms with van der Waals surface area (Å²) in [5.74, 6) is 0. The van der Waals surface area contributed by atoms with Gasteiger partial charge in [-0.15, -0.1) is 5.10 Å². The molecule has 5 nitrogen and oxygen atoms in total. The number of nitrogens with one attached hydrogen (secondary N) is 1. The van der Waals surface area contributed by atoms with E-state index in [-0.39, 0.29) is 0 Å². The predicted octanol–water partition coefficient (Wildman–Crippen LogP) is 1.16. The van der Waals surface area contributed by atoms with Crippen LogP contribution in [0.25, 0.3) is 0 Å². The average Bonchev–Trinajstić information content (AvgIpc) is 2.82. The molecule has 0 saturated heterocycles. The molecule has 2 aromatic heterocycles. The van der Waals surface area contributed by atoms with E-state index in [1.54, 1.807) is 6.20 Å². The Kier molecular flexibility index (Phi) is 4.21. The lowest BCUT2D eigenvalue weighted by molar-refractivity contribution is 0.530. The van der Waals surface area contributed by atoms with Crippen molar-refractivity contribution in [1.29, 1.82) is 0 Å². The van der Waals surface area contributed by atoms with Crippen LogP contribution in [-0.2, 0) is 13.1 Å². The number of hydrogen-bond acceptors (Lipinski definition) is 4. The average molecular weight is 231 g/mol. The van der Waals surface area contributed by atoms with Crippen molar-refractivity contribution < 1.29 is 0 Å². The van der Waals surface area contributed by atoms with E-state index in [0.717, 1.165) is 26.1 Å². The molecule has 0 radical (unpaired) electrons. The van der Waals surface area contributed by atoms with Gasteiger partial charge in [0.05, 0.1) is 6.20 Å². The molecule has 2 heterocycles. The second kappa shape index (κ2) is 6.10. The highest BCUT2D eigenvalue weighted by Crippen LogP contribution is 2.00. The van der Waals surface area contributed by atoms with Gasteiger partial charge in [-0.3, -0.25) is 9.67 Å². The molecule has 0 bridgehead atoms. The predicted molar refractivity (Wildman–Crippen MR) is 65.3 cm³/mol. The Hall–Kier alpha value is -1.75. The molecule has 2 aromatic rings. The molecule has 5 heteroatoms. The standard InChI is InChI=1S/C12H17N5/c1-11-7-12(10-14-8-11)9-13-3-2-5-17-6-4-15-16-17/h4,6-8,10,13H,2-3,5,9H2,1H3. The molecule has 0 aliphatic rings. The van der Waals surface area contributed by atoms with Crippen LogP contribution in [0, 0.1) is 6.92 Å². The number of aryl methyl sites for hydroxylation is 2. The monoisotopic (exact) mass is 231 g/mol. The first-order valence-corrected chi connectivity index (χ1v) is 5.80. The van der Waals surface area contributed by atoms with Crippen LogP contribution >= 0.6 is 0 Å². The lowest BCUT2D eigenvalue weighted by Gasteiger charge is -2.05. The van der Waals surface area contributed by atoms with Crippen LogP contribution < -0.4 is 5.32 Å². The van der Waals surface area contributed by atoms with Crippen molar-refractivity contribution in [1.82, 2.24) is 25.3 Å². The first kappa shape index (κ1) is 11.7. The van der Waals surface area contributed by atoms with Gasteiger partial charge in [-0.25, -0.2) is 0 Å². The molecule has 0 saturated carbocycles. The maximum atomic E-state index is 4.16. The van der Waals surface area contributed by atoms with Crippen LogP contribution in [0.1, 0.15) is 17.5 Å². The van der Waals surface area contributed by atoms with Crippen LogP contribution in [0.15, 0.2) is 30.9 Å². The number of nitrogens with zero attached hydrogens (tertiary/aromatic N) is 4. The summed E-state index contributed by atoms with van der Waals surface area (Å²) in [6, 6.07) is 2.15. The minimum atomic E-state index is 0.867. The largest absolute Gasteiger partial charge is 0.313 e. The lowest BCUT2D eigenvalue weighted by atomic mass is 10.2. The third-order valence-corrected chi connectivity index (χ3v) is 2.47. The van der Waals surface area contributed by atoms with Crippen molar-refractivity contribution in [3.63, 3.8) is 0 Å². The third kappa shape index (κ3) is 3.96. The van der Waals surface area contributed by atoms with Crippen LogP contribution in [0.2, 0.25) is 0 Å². The Morgan fingerprint density at radius 2 is 2.29 bits per heavy atom. The molecule has 0 amide bonds. The van der Waals surface area contributed by atoms with E-state index in [0.29, 0.717) is 0 Å². The fourth-order valence-electron chi connectivity index (χ4n) is 1.66. The zero-order valence-electron chi connectivity index (χ0n) is 10.0. The molecular formula is C12H17N5. The lowest BCUT2D eigenvalue weighted by Crippen LogP contribution is -2.16. The van der Waals surface area contributed by atoms with E-state index in [1.807, 2.05) is 23.3 Å². The van der Waals surface area contributed by atoms with Crippen LogP contribution in [0.4, 0.5) is 0 Å². The molecule has 1 N–H and O–H groups in total. The minimum Gasteiger partial charge on any atom is -0.313 e. The van der Waals surface area contributed by atoms with Gasteiger partial charge in [0.15, 0.2) is 0 Å². The molecule has 0 aromatic carbocycles. The summed E-state index contributed by atoms with van der Waals surface area (Å²) < 4.78 is 1.84. The van der Waals surface area contributed by atoms with E-state index in [4.69, 9.17) is 0 Å². The summed E-state index contributed by atoms with van der Waals surface area (Å²) in [5.41, 5.74) is 2.43. The first-order chi connectivity index (χ1) is 8.34. The molecule has 0 aliphatic heterocycles. The maximum absolute atomic E-state index is 4.16. The molecule has 90 valence electrons. The van der Waals surface area contributed by atoms with Crippen molar-refractivity contribution >= 4 is 0 Å². The summed E-state index contributed by atoms with van der Waals surface area (Å²) >= 11 is 0. The molecule has 0 fully saturated rings. The quantitative estimate of drug-likeness (QED) is 0.758. The van der Waals surface area contributed by atoms with E-state index in [2.05, 4.69) is 33.6 Å². The van der Waals surface area contributed by atoms with Crippen molar-refractivity contribution in [3.8, 4) is 0 Å². The van der Waals surface area contributed by atoms with E-state index >= 15 is 0 Å². The molecule has 2 rings (SSSR count). The van der Waals surface area contributed by atoms with Crippen LogP contribution in [0.3, 0.4) is 0 Å². The Labute approximate surface area is 101 Å². The molecule has 0 aliphatic carbocycles. The number of aromatic nitrogens is 4. The zero-order valence-corrected chi connectivity index (χ0v) is 10.0. The minimum absolute atomic E-state index is 0.867. The van der Waals surface area contributed by atoms with Gasteiger partial charge >= 0.3 is 0 Å². The second-order valence-corrected chi connectivity index (χ2v) is 4.07. The van der Waals surface area contributed by atoms with Crippen molar-refractivity contribution in [2.24, 2.45) is 0 Å². The summed E-state index contributed by atoms with van der Waals surface area (Å²) in [6.07, 6.45) is 8.39. The summed E-state index contributed by atoms with van der Waals surface area (Å²) in [5, 5.41) is 11.1. The number of rotatable bonds is 6. The van der Waals surface area contributed by atoms with Crippen LogP contribution in [0.5, 0.6) is 0 Å². The van der Waals surface area contributed by atoms with E-state index in [9.17, 15) is 0 Å². The SMILES string of the molecule is Cc1cncc(CNCCCn2ccnn2)c1. The molecular weight excluding hydrogens is 214 g/mol. The van der Waals surface area contributed by atoms with Gasteiger partial charge in [0.2, 0.25) is 0 Å². The highest BCUT2D eigenvalue weighted by molar-refractivity contribution is 5.16. The highest BCUT2D eigenvalue weighted by Gasteiger charge is 1.95. The molecule has 0 atom stereocenters. The van der Waals surface area contributed by atoms with Crippen molar-refractivity contribution in [2.45, 2.75) is 26.4 Å². The summed E-state index contributed by atoms with van der Waals surface area (Å²) in [7, 11) is 0. The molecule has 0 spiro atoms. The van der Waals surface area contributed by atoms with Gasteiger partial charge in [0, 0.05) is 31.7 Å². The summed E-state index contributed by atoms with van der Waals surface area (Å²) in [4.78, 5) is 4.16. The second-order valence-electron chi connectivity index (χ2n) is 4.07. The Morgan fingerprint density at radius 1 is 1.35 bits per heavy atom. The van der Waals surface area contributed by atoms with Gasteiger partial charge in [-0.05, 0) is 31.0 Å². The molecule has 17 heavy (non-hydrogen) atoms. The van der Waals surface area contributed by atoms with Gasteiger partial charge < -0.3 is 5.32 Å². The number of pyridine rings is 1. The van der Waals surface area contributed by atoms with E-state index in [1.165, 1.54) is 11.1 Å². The Morgan fingerprint density at radius 3 is 3.06 bits per heavy atom. The topological polar surface area (TPSA) is 55.6 Å². The van der Waals surface area contributed by atoms with Crippen LogP contribution in [-0.4, -0.2) is 26.5 Å². The summed E-state index contributed by atoms with van der Waals surface area (Å²) in [6.45, 7) is 4.79. The van der Waals surface area contributed by atoms with Crippen molar-refractivity contribution in [2.75, 3.05) is 6.54 Å². The third-order valence-electron chi connectivity index (χ3n) is 2.47. The van der Waals surface area contributed by atoms with E-state index < -0.39 is 0 Å². The fourth-order valence-corrected chi connectivity index (χ4v) is 1.66. The van der Waals surface area contributed by atoms with Gasteiger partial charge in [-0.1, -0.05) is 11.3 Å². The highest BCUT2D eigenvalue weighted by atomic mass is 15.4. The van der Waals surface area contributed by atoms with Crippen molar-refractivity contribution in [3.05, 3.63) is 42.0 Å². The first-order valence-electron chi connectivity index (χ1n) is 5.80. The smallest absolute Gasteiger partial charge is 0.0692 e. The fraction of sp³-hybridized carbons (Fsp3) is 0.417. The normalized spacial score (nSPS) is 10.6. The molecule has 0 unspecified atom stereocenters. The Bertz CT molecular complexity index is 438. The number of hydrogen-bond donors (Lipinski definition) is 1.